The Bertz CT molecular complexity index is 927. The number of amides is 2. The molecule has 0 spiro atoms. The van der Waals surface area contributed by atoms with Crippen molar-refractivity contribution in [3.8, 4) is 11.5 Å². The number of aromatic nitrogens is 1. The van der Waals surface area contributed by atoms with Crippen molar-refractivity contribution in [2.24, 2.45) is 0 Å². The van der Waals surface area contributed by atoms with E-state index < -0.39 is 12.4 Å². The molecule has 0 saturated carbocycles. The Morgan fingerprint density at radius 3 is 2.68 bits per heavy atom. The van der Waals surface area contributed by atoms with Gasteiger partial charge in [-0.25, -0.2) is 9.78 Å². The normalized spacial score (nSPS) is 11.3. The highest BCUT2D eigenvalue weighted by molar-refractivity contribution is 7.22. The smallest absolute Gasteiger partial charge is 0.508 e. The van der Waals surface area contributed by atoms with E-state index in [1.807, 2.05) is 0 Å². The summed E-state index contributed by atoms with van der Waals surface area (Å²) >= 11 is 1.000. The van der Waals surface area contributed by atoms with E-state index in [4.69, 9.17) is 0 Å². The average Bonchev–Trinajstić information content (AvgIpc) is 2.86. The van der Waals surface area contributed by atoms with Crippen LogP contribution in [0.4, 0.5) is 28.8 Å². The highest BCUT2D eigenvalue weighted by atomic mass is 32.1. The second-order valence-corrected chi connectivity index (χ2v) is 5.86. The number of hydrogen-bond acceptors (Lipinski definition) is 5. The van der Waals surface area contributed by atoms with Crippen molar-refractivity contribution in [1.82, 2.24) is 4.98 Å². The molecule has 2 aromatic carbocycles. The van der Waals surface area contributed by atoms with Crippen molar-refractivity contribution in [1.29, 1.82) is 0 Å². The fraction of sp³-hybridized carbons (Fsp3) is 0.0667. The van der Waals surface area contributed by atoms with Crippen molar-refractivity contribution in [3.05, 3.63) is 42.5 Å². The number of ether oxygens (including phenoxy) is 1. The molecule has 6 nitrogen and oxygen atoms in total. The molecule has 0 aliphatic heterocycles. The van der Waals surface area contributed by atoms with Crippen LogP contribution in [0.3, 0.4) is 0 Å². The van der Waals surface area contributed by atoms with Gasteiger partial charge in [0.1, 0.15) is 11.5 Å². The molecule has 0 radical (unpaired) electrons. The Labute approximate surface area is 142 Å². The van der Waals surface area contributed by atoms with Crippen molar-refractivity contribution in [2.75, 3.05) is 10.6 Å². The van der Waals surface area contributed by atoms with Crippen LogP contribution in [0.2, 0.25) is 0 Å². The lowest BCUT2D eigenvalue weighted by Crippen LogP contribution is -2.19. The standard InChI is InChI=1S/C15H10F3N3O3S/c16-15(17,18)24-10-4-5-11-12(7-10)25-14(20-11)21-13(23)19-8-2-1-3-9(22)6-8/h1-7,22H,(H2,19,20,21,23). The number of phenols is 1. The molecule has 0 atom stereocenters. The van der Waals surface area contributed by atoms with Gasteiger partial charge in [0, 0.05) is 17.8 Å². The van der Waals surface area contributed by atoms with Gasteiger partial charge in [0.05, 0.1) is 10.2 Å². The summed E-state index contributed by atoms with van der Waals surface area (Å²) in [4.78, 5) is 16.0. The molecule has 25 heavy (non-hydrogen) atoms. The summed E-state index contributed by atoms with van der Waals surface area (Å²) < 4.78 is 41.0. The molecule has 0 aliphatic carbocycles. The molecule has 1 aromatic heterocycles. The summed E-state index contributed by atoms with van der Waals surface area (Å²) in [7, 11) is 0. The second kappa shape index (κ2) is 6.48. The van der Waals surface area contributed by atoms with Gasteiger partial charge in [-0.05, 0) is 24.3 Å². The number of thiazole rings is 1. The topological polar surface area (TPSA) is 83.5 Å². The number of benzene rings is 2. The number of nitrogens with one attached hydrogen (secondary N) is 2. The lowest BCUT2D eigenvalue weighted by atomic mass is 10.3. The molecule has 3 aromatic rings. The van der Waals surface area contributed by atoms with E-state index >= 15 is 0 Å². The lowest BCUT2D eigenvalue weighted by molar-refractivity contribution is -0.274. The predicted octanol–water partition coefficient (Wildman–Crippen LogP) is 4.54. The minimum atomic E-state index is -4.78. The number of aromatic hydroxyl groups is 1. The highest BCUT2D eigenvalue weighted by Gasteiger charge is 2.31. The van der Waals surface area contributed by atoms with Crippen LogP contribution in [-0.4, -0.2) is 22.5 Å². The van der Waals surface area contributed by atoms with Gasteiger partial charge in [0.2, 0.25) is 0 Å². The summed E-state index contributed by atoms with van der Waals surface area (Å²) in [5.74, 6) is -0.366. The maximum atomic E-state index is 12.2. The first-order valence-corrected chi connectivity index (χ1v) is 7.63. The molecule has 0 aliphatic rings. The third kappa shape index (κ3) is 4.51. The summed E-state index contributed by atoms with van der Waals surface area (Å²) in [6, 6.07) is 9.06. The van der Waals surface area contributed by atoms with E-state index in [1.165, 1.54) is 24.3 Å². The van der Waals surface area contributed by atoms with Crippen molar-refractivity contribution >= 4 is 38.4 Å². The van der Waals surface area contributed by atoms with Gasteiger partial charge in [0.15, 0.2) is 5.13 Å². The Hall–Kier alpha value is -3.01. The molecule has 10 heteroatoms. The highest BCUT2D eigenvalue weighted by Crippen LogP contribution is 2.31. The maximum absolute atomic E-state index is 12.2. The number of rotatable bonds is 3. The van der Waals surface area contributed by atoms with E-state index in [2.05, 4.69) is 20.4 Å². The van der Waals surface area contributed by atoms with Gasteiger partial charge < -0.3 is 15.2 Å². The van der Waals surface area contributed by atoms with E-state index in [0.717, 1.165) is 17.4 Å². The summed E-state index contributed by atoms with van der Waals surface area (Å²) in [6.45, 7) is 0. The molecule has 0 saturated heterocycles. The third-order valence-corrected chi connectivity index (χ3v) is 3.85. The van der Waals surface area contributed by atoms with Crippen LogP contribution < -0.4 is 15.4 Å². The molecule has 0 bridgehead atoms. The molecule has 2 amide bonds. The minimum Gasteiger partial charge on any atom is -0.508 e. The largest absolute Gasteiger partial charge is 0.573 e. The number of carbonyl (C=O) groups is 1. The van der Waals surface area contributed by atoms with Gasteiger partial charge in [-0.3, -0.25) is 5.32 Å². The van der Waals surface area contributed by atoms with E-state index in [-0.39, 0.29) is 16.6 Å². The van der Waals surface area contributed by atoms with Crippen LogP contribution in [-0.2, 0) is 0 Å². The minimum absolute atomic E-state index is 0.00465. The number of carbonyl (C=O) groups excluding carboxylic acids is 1. The lowest BCUT2D eigenvalue weighted by Gasteiger charge is -2.07. The number of phenolic OH excluding ortho intramolecular Hbond substituents is 1. The van der Waals surface area contributed by atoms with Gasteiger partial charge in [-0.2, -0.15) is 0 Å². The maximum Gasteiger partial charge on any atom is 0.573 e. The number of fused-ring (bicyclic) bond motifs is 1. The predicted molar refractivity (Wildman–Crippen MR) is 87.1 cm³/mol. The van der Waals surface area contributed by atoms with Crippen LogP contribution in [0.25, 0.3) is 10.2 Å². The van der Waals surface area contributed by atoms with Gasteiger partial charge in [0.25, 0.3) is 0 Å². The van der Waals surface area contributed by atoms with Crippen LogP contribution >= 0.6 is 11.3 Å². The SMILES string of the molecule is O=C(Nc1cccc(O)c1)Nc1nc2ccc(OC(F)(F)F)cc2s1. The first-order chi connectivity index (χ1) is 11.8. The molecular weight excluding hydrogens is 359 g/mol. The molecule has 1 heterocycles. The third-order valence-electron chi connectivity index (χ3n) is 2.92. The monoisotopic (exact) mass is 369 g/mol. The fourth-order valence-electron chi connectivity index (χ4n) is 2.00. The van der Waals surface area contributed by atoms with E-state index in [0.29, 0.717) is 15.9 Å². The molecule has 0 fully saturated rings. The number of halogens is 3. The zero-order valence-corrected chi connectivity index (χ0v) is 13.1. The molecule has 3 rings (SSSR count). The molecule has 3 N–H and O–H groups in total. The Morgan fingerprint density at radius 1 is 1.16 bits per heavy atom. The number of hydrogen-bond donors (Lipinski definition) is 3. The Balaban J connectivity index is 1.72. The van der Waals surface area contributed by atoms with Gasteiger partial charge in [-0.1, -0.05) is 17.4 Å². The second-order valence-electron chi connectivity index (χ2n) is 4.83. The average molecular weight is 369 g/mol. The number of urea groups is 1. The molecule has 130 valence electrons. The van der Waals surface area contributed by atoms with Gasteiger partial charge >= 0.3 is 12.4 Å². The van der Waals surface area contributed by atoms with Crippen LogP contribution in [0.1, 0.15) is 0 Å². The molecular formula is C15H10F3N3O3S. The van der Waals surface area contributed by atoms with E-state index in [1.54, 1.807) is 12.1 Å². The fourth-order valence-corrected chi connectivity index (χ4v) is 2.89. The zero-order chi connectivity index (χ0) is 18.0. The first-order valence-electron chi connectivity index (χ1n) is 6.82. The van der Waals surface area contributed by atoms with E-state index in [9.17, 15) is 23.1 Å². The number of alkyl halides is 3. The van der Waals surface area contributed by atoms with Crippen molar-refractivity contribution in [3.63, 3.8) is 0 Å². The first kappa shape index (κ1) is 16.8. The van der Waals surface area contributed by atoms with Crippen LogP contribution in [0.5, 0.6) is 11.5 Å². The number of nitrogens with zero attached hydrogens (tertiary/aromatic N) is 1. The summed E-state index contributed by atoms with van der Waals surface area (Å²) in [5.41, 5.74) is 0.798. The van der Waals surface area contributed by atoms with Crippen LogP contribution in [0, 0.1) is 0 Å². The van der Waals surface area contributed by atoms with Gasteiger partial charge in [-0.15, -0.1) is 13.2 Å². The zero-order valence-electron chi connectivity index (χ0n) is 12.3. The summed E-state index contributed by atoms with van der Waals surface area (Å²) in [5, 5.41) is 14.5. The quantitative estimate of drug-likeness (QED) is 0.633. The Kier molecular flexibility index (Phi) is 4.36. The van der Waals surface area contributed by atoms with Crippen molar-refractivity contribution in [2.45, 2.75) is 6.36 Å². The summed E-state index contributed by atoms with van der Waals surface area (Å²) in [6.07, 6.45) is -4.78. The molecule has 0 unspecified atom stereocenters. The van der Waals surface area contributed by atoms with Crippen LogP contribution in [0.15, 0.2) is 42.5 Å². The number of anilines is 2. The Morgan fingerprint density at radius 2 is 1.96 bits per heavy atom. The van der Waals surface area contributed by atoms with Crippen molar-refractivity contribution < 1.29 is 27.8 Å².